The molecular weight excluding hydrogens is 264 g/mol. The lowest BCUT2D eigenvalue weighted by Crippen LogP contribution is -2.29. The van der Waals surface area contributed by atoms with Gasteiger partial charge in [-0.05, 0) is 42.9 Å². The quantitative estimate of drug-likeness (QED) is 0.699. The number of nitrogens with two attached hydrogens (primary N) is 1. The van der Waals surface area contributed by atoms with Crippen molar-refractivity contribution in [3.8, 4) is 0 Å². The van der Waals surface area contributed by atoms with Crippen molar-refractivity contribution in [2.24, 2.45) is 5.92 Å². The molecule has 1 fully saturated rings. The Morgan fingerprint density at radius 3 is 2.79 bits per heavy atom. The molecule has 1 aliphatic carbocycles. The molecule has 19 heavy (non-hydrogen) atoms. The van der Waals surface area contributed by atoms with E-state index in [0.717, 1.165) is 12.8 Å². The van der Waals surface area contributed by atoms with Crippen LogP contribution in [0.25, 0.3) is 0 Å². The van der Waals surface area contributed by atoms with Crippen molar-refractivity contribution in [3.05, 3.63) is 29.8 Å². The van der Waals surface area contributed by atoms with Crippen LogP contribution in [0, 0.1) is 5.92 Å². The van der Waals surface area contributed by atoms with E-state index in [1.165, 1.54) is 0 Å². The minimum atomic E-state index is -3.34. The molecule has 0 aromatic heterocycles. The zero-order chi connectivity index (χ0) is 13.9. The van der Waals surface area contributed by atoms with E-state index in [1.54, 1.807) is 24.3 Å². The van der Waals surface area contributed by atoms with Crippen LogP contribution in [0.5, 0.6) is 0 Å². The molecule has 0 radical (unpaired) electrons. The molecule has 2 atom stereocenters. The molecule has 0 amide bonds. The maximum Gasteiger partial charge on any atom is 0.215 e. The normalized spacial score (nSPS) is 23.6. The molecule has 6 heteroatoms. The van der Waals surface area contributed by atoms with Gasteiger partial charge in [0.25, 0.3) is 0 Å². The lowest BCUT2D eigenvalue weighted by Gasteiger charge is -2.11. The number of rotatable bonds is 5. The SMILES string of the molecule is Nc1cccc(CS(=O)(=O)NCC2CCC(O)C2)c1. The number of benzene rings is 1. The molecule has 1 saturated carbocycles. The fourth-order valence-electron chi connectivity index (χ4n) is 2.43. The Kier molecular flexibility index (Phi) is 4.44. The van der Waals surface area contributed by atoms with Gasteiger partial charge in [-0.15, -0.1) is 0 Å². The number of nitrogen functional groups attached to an aromatic ring is 1. The molecule has 0 bridgehead atoms. The van der Waals surface area contributed by atoms with Gasteiger partial charge in [0, 0.05) is 12.2 Å². The van der Waals surface area contributed by atoms with E-state index in [9.17, 15) is 13.5 Å². The lowest BCUT2D eigenvalue weighted by molar-refractivity contribution is 0.178. The van der Waals surface area contributed by atoms with Gasteiger partial charge in [0.05, 0.1) is 11.9 Å². The highest BCUT2D eigenvalue weighted by Crippen LogP contribution is 2.24. The fraction of sp³-hybridized carbons (Fsp3) is 0.538. The minimum Gasteiger partial charge on any atom is -0.399 e. The Bertz CT molecular complexity index is 530. The van der Waals surface area contributed by atoms with Gasteiger partial charge in [0.15, 0.2) is 0 Å². The Morgan fingerprint density at radius 1 is 1.37 bits per heavy atom. The summed E-state index contributed by atoms with van der Waals surface area (Å²) >= 11 is 0. The molecule has 0 heterocycles. The lowest BCUT2D eigenvalue weighted by atomic mass is 10.1. The largest absolute Gasteiger partial charge is 0.399 e. The third-order valence-corrected chi connectivity index (χ3v) is 4.73. The summed E-state index contributed by atoms with van der Waals surface area (Å²) in [5, 5.41) is 9.40. The van der Waals surface area contributed by atoms with Crippen LogP contribution in [-0.2, 0) is 15.8 Å². The van der Waals surface area contributed by atoms with Gasteiger partial charge < -0.3 is 10.8 Å². The van der Waals surface area contributed by atoms with Gasteiger partial charge in [0.1, 0.15) is 0 Å². The average Bonchev–Trinajstić information content (AvgIpc) is 2.72. The van der Waals surface area contributed by atoms with E-state index < -0.39 is 10.0 Å². The Hall–Kier alpha value is -1.11. The second kappa shape index (κ2) is 5.90. The van der Waals surface area contributed by atoms with Crippen LogP contribution in [-0.4, -0.2) is 26.2 Å². The third-order valence-electron chi connectivity index (χ3n) is 3.41. The van der Waals surface area contributed by atoms with E-state index in [1.807, 2.05) is 0 Å². The fourth-order valence-corrected chi connectivity index (χ4v) is 3.64. The van der Waals surface area contributed by atoms with Crippen LogP contribution < -0.4 is 10.5 Å². The predicted octanol–water partition coefficient (Wildman–Crippen LogP) is 0.849. The Labute approximate surface area is 113 Å². The third kappa shape index (κ3) is 4.49. The van der Waals surface area contributed by atoms with Crippen molar-refractivity contribution in [2.75, 3.05) is 12.3 Å². The molecule has 1 aromatic carbocycles. The van der Waals surface area contributed by atoms with Gasteiger partial charge in [-0.2, -0.15) is 0 Å². The summed E-state index contributed by atoms with van der Waals surface area (Å²) in [7, 11) is -3.34. The van der Waals surface area contributed by atoms with Crippen molar-refractivity contribution < 1.29 is 13.5 Å². The molecule has 2 rings (SSSR count). The number of anilines is 1. The highest BCUT2D eigenvalue weighted by molar-refractivity contribution is 7.88. The van der Waals surface area contributed by atoms with E-state index in [2.05, 4.69) is 4.72 Å². The van der Waals surface area contributed by atoms with Gasteiger partial charge in [0.2, 0.25) is 10.0 Å². The molecular formula is C13H20N2O3S. The Morgan fingerprint density at radius 2 is 2.16 bits per heavy atom. The van der Waals surface area contributed by atoms with Crippen molar-refractivity contribution in [1.29, 1.82) is 0 Å². The van der Waals surface area contributed by atoms with Crippen LogP contribution in [0.15, 0.2) is 24.3 Å². The van der Waals surface area contributed by atoms with Gasteiger partial charge >= 0.3 is 0 Å². The first-order valence-electron chi connectivity index (χ1n) is 6.44. The van der Waals surface area contributed by atoms with Gasteiger partial charge in [-0.1, -0.05) is 12.1 Å². The highest BCUT2D eigenvalue weighted by Gasteiger charge is 2.24. The molecule has 5 nitrogen and oxygen atoms in total. The molecule has 0 saturated heterocycles. The molecule has 1 aliphatic rings. The van der Waals surface area contributed by atoms with Crippen molar-refractivity contribution >= 4 is 15.7 Å². The number of nitrogens with one attached hydrogen (secondary N) is 1. The van der Waals surface area contributed by atoms with E-state index >= 15 is 0 Å². The molecule has 2 unspecified atom stereocenters. The Balaban J connectivity index is 1.88. The number of hydrogen-bond acceptors (Lipinski definition) is 4. The summed E-state index contributed by atoms with van der Waals surface area (Å²) in [6.45, 7) is 0.404. The van der Waals surface area contributed by atoms with E-state index in [0.29, 0.717) is 24.2 Å². The van der Waals surface area contributed by atoms with Gasteiger partial charge in [-0.25, -0.2) is 13.1 Å². The summed E-state index contributed by atoms with van der Waals surface area (Å²) in [6, 6.07) is 6.88. The molecule has 1 aromatic rings. The molecule has 0 spiro atoms. The highest BCUT2D eigenvalue weighted by atomic mass is 32.2. The smallest absolute Gasteiger partial charge is 0.215 e. The summed E-state index contributed by atoms with van der Waals surface area (Å²) in [6.07, 6.45) is 2.05. The minimum absolute atomic E-state index is 0.0622. The molecule has 4 N–H and O–H groups in total. The number of hydrogen-bond donors (Lipinski definition) is 3. The standard InChI is InChI=1S/C13H20N2O3S/c14-12-3-1-2-11(6-12)9-19(17,18)15-8-10-4-5-13(16)7-10/h1-3,6,10,13,15-16H,4-5,7-9,14H2. The number of sulfonamides is 1. The van der Waals surface area contributed by atoms with E-state index in [-0.39, 0.29) is 17.8 Å². The van der Waals surface area contributed by atoms with Crippen LogP contribution in [0.2, 0.25) is 0 Å². The monoisotopic (exact) mass is 284 g/mol. The zero-order valence-electron chi connectivity index (χ0n) is 10.7. The van der Waals surface area contributed by atoms with Crippen LogP contribution in [0.4, 0.5) is 5.69 Å². The predicted molar refractivity (Wildman–Crippen MR) is 74.8 cm³/mol. The average molecular weight is 284 g/mol. The van der Waals surface area contributed by atoms with Crippen LogP contribution in [0.1, 0.15) is 24.8 Å². The second-order valence-corrected chi connectivity index (χ2v) is 6.99. The number of aliphatic hydroxyl groups excluding tert-OH is 1. The first-order chi connectivity index (χ1) is 8.94. The first kappa shape index (κ1) is 14.3. The maximum atomic E-state index is 11.9. The van der Waals surface area contributed by atoms with Crippen LogP contribution in [0.3, 0.4) is 0 Å². The van der Waals surface area contributed by atoms with Crippen LogP contribution >= 0.6 is 0 Å². The zero-order valence-corrected chi connectivity index (χ0v) is 11.6. The molecule has 106 valence electrons. The van der Waals surface area contributed by atoms with Gasteiger partial charge in [-0.3, -0.25) is 0 Å². The first-order valence-corrected chi connectivity index (χ1v) is 8.09. The topological polar surface area (TPSA) is 92.4 Å². The summed E-state index contributed by atoms with van der Waals surface area (Å²) in [4.78, 5) is 0. The summed E-state index contributed by atoms with van der Waals surface area (Å²) in [5.41, 5.74) is 6.86. The number of aliphatic hydroxyl groups is 1. The van der Waals surface area contributed by atoms with E-state index in [4.69, 9.17) is 5.73 Å². The van der Waals surface area contributed by atoms with Crippen molar-refractivity contribution in [3.63, 3.8) is 0 Å². The van der Waals surface area contributed by atoms with Crippen molar-refractivity contribution in [1.82, 2.24) is 4.72 Å². The summed E-state index contributed by atoms with van der Waals surface area (Å²) < 4.78 is 26.5. The molecule has 0 aliphatic heterocycles. The summed E-state index contributed by atoms with van der Waals surface area (Å²) in [5.74, 6) is 0.179. The maximum absolute atomic E-state index is 11.9. The second-order valence-electron chi connectivity index (χ2n) is 5.19. The van der Waals surface area contributed by atoms with Crippen molar-refractivity contribution in [2.45, 2.75) is 31.1 Å².